The standard InChI is InChI=1S/C30H42N2O11S/c1-17(33)31-22(16-44-25(37)5-4-12-43-32(40)41)27(38)42-15-24(36)30(39)11-9-21-20-7-6-18-13-19(34)8-10-28(18,2)26(20)23(35)14-29(21,30)3/h6,20-23,26,35,39H,4-5,7-16H2,1-3H3,(H,31,33)/t20?,21?,22?,23-,26?,28-,29-,30?/m0/s1. The Morgan fingerprint density at radius 2 is 1.98 bits per heavy atom. The Balaban J connectivity index is 1.39. The zero-order valence-corrected chi connectivity index (χ0v) is 26.2. The molecule has 8 atom stereocenters. The number of esters is 1. The maximum atomic E-state index is 13.6. The molecule has 0 aromatic rings. The van der Waals surface area contributed by atoms with E-state index in [1.54, 1.807) is 0 Å². The molecule has 3 fully saturated rings. The van der Waals surface area contributed by atoms with Crippen LogP contribution in [0.25, 0.3) is 0 Å². The summed E-state index contributed by atoms with van der Waals surface area (Å²) in [5.74, 6) is -2.26. The summed E-state index contributed by atoms with van der Waals surface area (Å²) in [7, 11) is 0. The zero-order valence-electron chi connectivity index (χ0n) is 25.4. The first-order valence-electron chi connectivity index (χ1n) is 15.1. The number of fused-ring (bicyclic) bond motifs is 5. The summed E-state index contributed by atoms with van der Waals surface area (Å²) in [6.45, 7) is 4.15. The second-order valence-electron chi connectivity index (χ2n) is 13.1. The van der Waals surface area contributed by atoms with Gasteiger partial charge in [0.25, 0.3) is 5.09 Å². The Labute approximate surface area is 260 Å². The van der Waals surface area contributed by atoms with Crippen LogP contribution < -0.4 is 5.32 Å². The van der Waals surface area contributed by atoms with Crippen LogP contribution in [0.1, 0.15) is 78.6 Å². The summed E-state index contributed by atoms with van der Waals surface area (Å²) in [5.41, 5.74) is -2.01. The quantitative estimate of drug-likeness (QED) is 0.0926. The van der Waals surface area contributed by atoms with Crippen molar-refractivity contribution in [3.8, 4) is 0 Å². The lowest BCUT2D eigenvalue weighted by Gasteiger charge is -2.59. The predicted octanol–water partition coefficient (Wildman–Crippen LogP) is 2.09. The number of hydrogen-bond acceptors (Lipinski definition) is 12. The summed E-state index contributed by atoms with van der Waals surface area (Å²) in [4.78, 5) is 76.8. The molecule has 0 bridgehead atoms. The first kappa shape index (κ1) is 34.0. The molecule has 3 saturated carbocycles. The highest BCUT2D eigenvalue weighted by molar-refractivity contribution is 8.13. The van der Waals surface area contributed by atoms with Gasteiger partial charge >= 0.3 is 5.97 Å². The van der Waals surface area contributed by atoms with Crippen molar-refractivity contribution in [1.82, 2.24) is 5.32 Å². The Morgan fingerprint density at radius 1 is 1.25 bits per heavy atom. The van der Waals surface area contributed by atoms with Crippen molar-refractivity contribution in [2.75, 3.05) is 19.0 Å². The van der Waals surface area contributed by atoms with Gasteiger partial charge in [-0.1, -0.05) is 37.3 Å². The van der Waals surface area contributed by atoms with Crippen LogP contribution in [0.2, 0.25) is 0 Å². The van der Waals surface area contributed by atoms with Crippen molar-refractivity contribution in [3.05, 3.63) is 21.8 Å². The summed E-state index contributed by atoms with van der Waals surface area (Å²) in [6, 6.07) is -1.24. The predicted molar refractivity (Wildman–Crippen MR) is 156 cm³/mol. The third kappa shape index (κ3) is 6.57. The normalized spacial score (nSPS) is 34.8. The topological polar surface area (TPSA) is 199 Å². The number of rotatable bonds is 12. The van der Waals surface area contributed by atoms with Crippen molar-refractivity contribution < 1.29 is 48.8 Å². The number of ketones is 2. The molecule has 0 heterocycles. The molecule has 0 saturated heterocycles. The third-order valence-corrected chi connectivity index (χ3v) is 11.7. The lowest BCUT2D eigenvalue weighted by Crippen LogP contribution is -2.62. The molecular formula is C30H42N2O11S. The van der Waals surface area contributed by atoms with Gasteiger partial charge in [-0.3, -0.25) is 19.2 Å². The fourth-order valence-corrected chi connectivity index (χ4v) is 9.31. The van der Waals surface area contributed by atoms with Crippen LogP contribution >= 0.6 is 11.8 Å². The third-order valence-electron chi connectivity index (χ3n) is 10.6. The van der Waals surface area contributed by atoms with E-state index in [2.05, 4.69) is 23.2 Å². The number of Topliss-reactive ketones (excluding diaryl/α,β-unsaturated/α-hetero) is 2. The van der Waals surface area contributed by atoms with E-state index in [0.717, 1.165) is 17.3 Å². The molecule has 0 spiro atoms. The average molecular weight is 639 g/mol. The van der Waals surface area contributed by atoms with E-state index in [4.69, 9.17) is 4.74 Å². The van der Waals surface area contributed by atoms with Crippen LogP contribution in [0.3, 0.4) is 0 Å². The Morgan fingerprint density at radius 3 is 2.66 bits per heavy atom. The number of thioether (sulfide) groups is 1. The van der Waals surface area contributed by atoms with Gasteiger partial charge in [-0.05, 0) is 61.7 Å². The van der Waals surface area contributed by atoms with Crippen LogP contribution in [-0.2, 0) is 33.5 Å². The molecule has 0 aromatic carbocycles. The number of aliphatic hydroxyl groups excluding tert-OH is 1. The molecule has 0 aromatic heterocycles. The molecule has 3 N–H and O–H groups in total. The van der Waals surface area contributed by atoms with E-state index in [1.807, 2.05) is 6.92 Å². The number of carbonyl (C=O) groups excluding carboxylic acids is 5. The first-order chi connectivity index (χ1) is 20.6. The molecule has 0 aliphatic heterocycles. The Bertz CT molecular complexity index is 1240. The number of allylic oxidation sites excluding steroid dienone is 2. The molecule has 44 heavy (non-hydrogen) atoms. The number of hydrogen-bond donors (Lipinski definition) is 3. The van der Waals surface area contributed by atoms with E-state index >= 15 is 0 Å². The smallest absolute Gasteiger partial charge is 0.329 e. The van der Waals surface area contributed by atoms with Gasteiger partial charge in [-0.2, -0.15) is 0 Å². The van der Waals surface area contributed by atoms with E-state index in [9.17, 15) is 44.3 Å². The van der Waals surface area contributed by atoms with Crippen LogP contribution in [0.5, 0.6) is 0 Å². The Kier molecular flexibility index (Phi) is 10.3. The number of carbonyl (C=O) groups is 5. The number of amides is 1. The lowest BCUT2D eigenvalue weighted by atomic mass is 9.46. The van der Waals surface area contributed by atoms with Gasteiger partial charge in [-0.25, -0.2) is 4.79 Å². The zero-order chi connectivity index (χ0) is 32.4. The SMILES string of the molecule is CC(=O)NC(CSC(=O)CCCO[N+](=O)[O-])C(=O)OCC(=O)C1(O)CCC2C3CC=C4CC(=O)CC[C@]4(C)C3[C@@H](O)C[C@@]21C. The second kappa shape index (κ2) is 13.3. The highest BCUT2D eigenvalue weighted by Gasteiger charge is 2.68. The maximum Gasteiger partial charge on any atom is 0.329 e. The van der Waals surface area contributed by atoms with Crippen LogP contribution in [0.15, 0.2) is 11.6 Å². The number of aliphatic hydroxyl groups is 2. The fraction of sp³-hybridized carbons (Fsp3) is 0.767. The largest absolute Gasteiger partial charge is 0.456 e. The van der Waals surface area contributed by atoms with Gasteiger partial charge in [0.1, 0.15) is 17.4 Å². The minimum Gasteiger partial charge on any atom is -0.456 e. The molecule has 5 unspecified atom stereocenters. The fourth-order valence-electron chi connectivity index (χ4n) is 8.45. The molecule has 13 nitrogen and oxygen atoms in total. The number of nitrogens with one attached hydrogen (secondary N) is 1. The summed E-state index contributed by atoms with van der Waals surface area (Å²) in [5, 5.41) is 34.7. The van der Waals surface area contributed by atoms with Gasteiger partial charge < -0.3 is 25.1 Å². The highest BCUT2D eigenvalue weighted by Crippen LogP contribution is 2.67. The first-order valence-corrected chi connectivity index (χ1v) is 16.1. The van der Waals surface area contributed by atoms with Crippen molar-refractivity contribution in [1.29, 1.82) is 0 Å². The molecule has 0 radical (unpaired) electrons. The van der Waals surface area contributed by atoms with Crippen LogP contribution in [-0.4, -0.2) is 80.6 Å². The maximum absolute atomic E-state index is 13.6. The van der Waals surface area contributed by atoms with Crippen molar-refractivity contribution >= 4 is 40.3 Å². The average Bonchev–Trinajstić information content (AvgIpc) is 3.22. The van der Waals surface area contributed by atoms with Gasteiger partial charge in [0, 0.05) is 37.4 Å². The summed E-state index contributed by atoms with van der Waals surface area (Å²) in [6.07, 6.45) is 4.55. The Hall–Kier alpha value is -2.84. The molecular weight excluding hydrogens is 596 g/mol. The van der Waals surface area contributed by atoms with Gasteiger partial charge in [-0.15, -0.1) is 10.1 Å². The molecule has 14 heteroatoms. The van der Waals surface area contributed by atoms with Crippen LogP contribution in [0, 0.1) is 38.7 Å². The monoisotopic (exact) mass is 638 g/mol. The highest BCUT2D eigenvalue weighted by atomic mass is 32.2. The van der Waals surface area contributed by atoms with E-state index < -0.39 is 52.5 Å². The number of ether oxygens (including phenoxy) is 1. The minimum atomic E-state index is -1.84. The number of nitrogens with zero attached hydrogens (tertiary/aromatic N) is 1. The van der Waals surface area contributed by atoms with Crippen molar-refractivity contribution in [2.24, 2.45) is 28.6 Å². The van der Waals surface area contributed by atoms with Gasteiger partial charge in [0.2, 0.25) is 11.7 Å². The van der Waals surface area contributed by atoms with Crippen molar-refractivity contribution in [2.45, 2.75) is 96.3 Å². The van der Waals surface area contributed by atoms with E-state index in [-0.39, 0.29) is 72.1 Å². The van der Waals surface area contributed by atoms with E-state index in [1.165, 1.54) is 6.92 Å². The molecule has 244 valence electrons. The molecule has 4 rings (SSSR count). The summed E-state index contributed by atoms with van der Waals surface area (Å²) < 4.78 is 5.27. The molecule has 1 amide bonds. The van der Waals surface area contributed by atoms with Crippen molar-refractivity contribution in [3.63, 3.8) is 0 Å². The summed E-state index contributed by atoms with van der Waals surface area (Å²) >= 11 is 0.740. The van der Waals surface area contributed by atoms with Gasteiger partial charge in [0.15, 0.2) is 11.7 Å². The minimum absolute atomic E-state index is 0.0277. The lowest BCUT2D eigenvalue weighted by molar-refractivity contribution is -0.757. The molecule has 4 aliphatic carbocycles. The van der Waals surface area contributed by atoms with Crippen LogP contribution in [0.4, 0.5) is 0 Å². The molecule has 4 aliphatic rings. The second-order valence-corrected chi connectivity index (χ2v) is 14.2. The van der Waals surface area contributed by atoms with Gasteiger partial charge in [0.05, 0.1) is 12.7 Å². The van der Waals surface area contributed by atoms with E-state index in [0.29, 0.717) is 32.1 Å².